The number of rotatable bonds is 10. The van der Waals surface area contributed by atoms with Gasteiger partial charge in [-0.05, 0) is 66.8 Å². The monoisotopic (exact) mass is 508 g/mol. The molecule has 1 atom stereocenters. The number of halogens is 1. The molecule has 1 aliphatic carbocycles. The van der Waals surface area contributed by atoms with E-state index in [9.17, 15) is 14.0 Å². The van der Waals surface area contributed by atoms with Gasteiger partial charge in [0.2, 0.25) is 5.91 Å². The summed E-state index contributed by atoms with van der Waals surface area (Å²) < 4.78 is 30.0. The van der Waals surface area contributed by atoms with Gasteiger partial charge >= 0.3 is 0 Å². The number of furan rings is 1. The molecule has 7 nitrogen and oxygen atoms in total. The molecule has 3 aromatic rings. The average molecular weight is 509 g/mol. The van der Waals surface area contributed by atoms with Crippen molar-refractivity contribution >= 4 is 11.8 Å². The van der Waals surface area contributed by atoms with Gasteiger partial charge in [0.1, 0.15) is 11.9 Å². The number of nitrogens with one attached hydrogen (secondary N) is 1. The number of carbonyl (C=O) groups is 2. The zero-order chi connectivity index (χ0) is 26.2. The summed E-state index contributed by atoms with van der Waals surface area (Å²) in [4.78, 5) is 28.9. The highest BCUT2D eigenvalue weighted by Crippen LogP contribution is 2.30. The number of methoxy groups -OCH3 is 2. The second-order valence-corrected chi connectivity index (χ2v) is 9.21. The fourth-order valence-corrected chi connectivity index (χ4v) is 4.82. The van der Waals surface area contributed by atoms with E-state index in [0.717, 1.165) is 37.7 Å². The summed E-state index contributed by atoms with van der Waals surface area (Å²) in [7, 11) is 3.13. The number of carbonyl (C=O) groups excluding carboxylic acids is 2. The molecule has 8 heteroatoms. The summed E-state index contributed by atoms with van der Waals surface area (Å²) in [5, 5.41) is 3.15. The van der Waals surface area contributed by atoms with Gasteiger partial charge in [-0.15, -0.1) is 0 Å². The lowest BCUT2D eigenvalue weighted by Gasteiger charge is -2.33. The van der Waals surface area contributed by atoms with Crippen molar-refractivity contribution in [2.24, 2.45) is 0 Å². The molecule has 0 bridgehead atoms. The van der Waals surface area contributed by atoms with Crippen LogP contribution in [-0.4, -0.2) is 43.5 Å². The number of nitrogens with zero attached hydrogens (tertiary/aromatic N) is 1. The third-order valence-electron chi connectivity index (χ3n) is 6.78. The largest absolute Gasteiger partial charge is 0.493 e. The van der Waals surface area contributed by atoms with Gasteiger partial charge in [-0.2, -0.15) is 0 Å². The Hall–Kier alpha value is -3.81. The number of amides is 2. The number of benzene rings is 2. The van der Waals surface area contributed by atoms with E-state index in [1.54, 1.807) is 44.6 Å². The molecule has 0 radical (unpaired) electrons. The quantitative estimate of drug-likeness (QED) is 0.401. The highest BCUT2D eigenvalue weighted by molar-refractivity contribution is 5.96. The normalized spacial score (nSPS) is 14.6. The fraction of sp³-hybridized carbons (Fsp3) is 0.379. The van der Waals surface area contributed by atoms with Gasteiger partial charge in [0.05, 0.1) is 20.5 Å². The van der Waals surface area contributed by atoms with Crippen molar-refractivity contribution in [2.45, 2.75) is 50.6 Å². The van der Waals surface area contributed by atoms with Crippen LogP contribution >= 0.6 is 0 Å². The van der Waals surface area contributed by atoms with Gasteiger partial charge in [-0.1, -0.05) is 37.5 Å². The Morgan fingerprint density at radius 3 is 2.41 bits per heavy atom. The second-order valence-electron chi connectivity index (χ2n) is 9.21. The first-order valence-corrected chi connectivity index (χ1v) is 12.6. The van der Waals surface area contributed by atoms with Crippen LogP contribution in [0.2, 0.25) is 0 Å². The van der Waals surface area contributed by atoms with Gasteiger partial charge in [-0.25, -0.2) is 4.39 Å². The van der Waals surface area contributed by atoms with E-state index in [0.29, 0.717) is 23.5 Å². The van der Waals surface area contributed by atoms with Crippen molar-refractivity contribution in [3.05, 3.63) is 83.6 Å². The summed E-state index contributed by atoms with van der Waals surface area (Å²) in [6.45, 7) is 0.217. The van der Waals surface area contributed by atoms with E-state index in [1.807, 2.05) is 12.1 Å². The van der Waals surface area contributed by atoms with Crippen LogP contribution in [0.15, 0.2) is 65.3 Å². The fourth-order valence-electron chi connectivity index (χ4n) is 4.82. The highest BCUT2D eigenvalue weighted by Gasteiger charge is 2.34. The minimum atomic E-state index is -0.958. The minimum Gasteiger partial charge on any atom is -0.493 e. The molecule has 196 valence electrons. The topological polar surface area (TPSA) is 81.0 Å². The molecule has 1 N–H and O–H groups in total. The van der Waals surface area contributed by atoms with Crippen molar-refractivity contribution in [1.82, 2.24) is 10.2 Å². The van der Waals surface area contributed by atoms with Crippen LogP contribution in [-0.2, 0) is 11.2 Å². The third-order valence-corrected chi connectivity index (χ3v) is 6.78. The molecule has 4 rings (SSSR count). The summed E-state index contributed by atoms with van der Waals surface area (Å²) in [5.41, 5.74) is 1.43. The molecular formula is C29H33FN2O5. The van der Waals surface area contributed by atoms with Crippen molar-refractivity contribution in [3.63, 3.8) is 0 Å². The first-order valence-electron chi connectivity index (χ1n) is 12.6. The lowest BCUT2D eigenvalue weighted by Crippen LogP contribution is -2.47. The van der Waals surface area contributed by atoms with Crippen molar-refractivity contribution in [1.29, 1.82) is 0 Å². The minimum absolute atomic E-state index is 0.0515. The van der Waals surface area contributed by atoms with E-state index in [2.05, 4.69) is 5.32 Å². The van der Waals surface area contributed by atoms with Crippen LogP contribution in [0.5, 0.6) is 11.5 Å². The zero-order valence-corrected chi connectivity index (χ0v) is 21.2. The highest BCUT2D eigenvalue weighted by atomic mass is 19.1. The summed E-state index contributed by atoms with van der Waals surface area (Å²) in [5.74, 6) is 0.193. The Kier molecular flexibility index (Phi) is 8.82. The lowest BCUT2D eigenvalue weighted by atomic mass is 9.94. The first-order chi connectivity index (χ1) is 18.0. The van der Waals surface area contributed by atoms with Crippen LogP contribution in [0, 0.1) is 5.82 Å². The molecule has 2 amide bonds. The molecule has 0 spiro atoms. The van der Waals surface area contributed by atoms with Crippen LogP contribution in [0.3, 0.4) is 0 Å². The van der Waals surface area contributed by atoms with E-state index in [-0.39, 0.29) is 24.3 Å². The predicted molar refractivity (Wildman–Crippen MR) is 137 cm³/mol. The molecule has 2 aromatic carbocycles. The van der Waals surface area contributed by atoms with E-state index in [4.69, 9.17) is 13.9 Å². The van der Waals surface area contributed by atoms with E-state index >= 15 is 0 Å². The van der Waals surface area contributed by atoms with E-state index in [1.165, 1.54) is 23.3 Å². The van der Waals surface area contributed by atoms with Gasteiger partial charge in [0.25, 0.3) is 5.91 Å². The number of ether oxygens (including phenoxy) is 2. The summed E-state index contributed by atoms with van der Waals surface area (Å²) >= 11 is 0. The second kappa shape index (κ2) is 12.4. The molecule has 1 aliphatic rings. The Morgan fingerprint density at radius 2 is 1.76 bits per heavy atom. The Labute approximate surface area is 216 Å². The smallest absolute Gasteiger partial charge is 0.290 e. The average Bonchev–Trinajstić information content (AvgIpc) is 3.47. The number of hydrogen-bond donors (Lipinski definition) is 1. The van der Waals surface area contributed by atoms with E-state index < -0.39 is 17.8 Å². The molecule has 0 aliphatic heterocycles. The van der Waals surface area contributed by atoms with Crippen LogP contribution < -0.4 is 14.8 Å². The SMILES string of the molecule is COc1ccc(CCN(C(=O)c2ccco2)[C@H](C(=O)NC2CCCCC2)c2ccc(F)cc2)cc1OC. The van der Waals surface area contributed by atoms with Crippen molar-refractivity contribution in [2.75, 3.05) is 20.8 Å². The molecule has 0 unspecified atom stereocenters. The van der Waals surface area contributed by atoms with Crippen LogP contribution in [0.25, 0.3) is 0 Å². The standard InChI is InChI=1S/C29H33FN2O5/c1-35-24-15-10-20(19-26(24)36-2)16-17-32(29(34)25-9-6-18-37-25)27(21-11-13-22(30)14-12-21)28(33)31-23-7-4-3-5-8-23/h6,9-15,18-19,23,27H,3-5,7-8,16-17H2,1-2H3,(H,31,33)/t27-/m0/s1. The maximum absolute atomic E-state index is 13.8. The Balaban J connectivity index is 1.67. The maximum atomic E-state index is 13.8. The maximum Gasteiger partial charge on any atom is 0.290 e. The molecular weight excluding hydrogens is 475 g/mol. The zero-order valence-electron chi connectivity index (χ0n) is 21.2. The van der Waals surface area contributed by atoms with Gasteiger partial charge in [0.15, 0.2) is 17.3 Å². The van der Waals surface area contributed by atoms with Crippen LogP contribution in [0.4, 0.5) is 4.39 Å². The molecule has 37 heavy (non-hydrogen) atoms. The molecule has 1 aromatic heterocycles. The third kappa shape index (κ3) is 6.50. The van der Waals surface area contributed by atoms with Crippen LogP contribution in [0.1, 0.15) is 59.8 Å². The first kappa shape index (κ1) is 26.3. The predicted octanol–water partition coefficient (Wildman–Crippen LogP) is 5.31. The molecule has 1 fully saturated rings. The Morgan fingerprint density at radius 1 is 1.03 bits per heavy atom. The molecule has 1 saturated carbocycles. The number of hydrogen-bond acceptors (Lipinski definition) is 5. The van der Waals surface area contributed by atoms with Gasteiger partial charge in [0, 0.05) is 12.6 Å². The van der Waals surface area contributed by atoms with Crippen molar-refractivity contribution < 1.29 is 27.9 Å². The molecule has 1 heterocycles. The summed E-state index contributed by atoms with van der Waals surface area (Å²) in [6.07, 6.45) is 6.94. The Bertz CT molecular complexity index is 1170. The van der Waals surface area contributed by atoms with Gasteiger partial charge in [-0.3, -0.25) is 9.59 Å². The summed E-state index contributed by atoms with van der Waals surface area (Å²) in [6, 6.07) is 13.6. The lowest BCUT2D eigenvalue weighted by molar-refractivity contribution is -0.126. The van der Waals surface area contributed by atoms with Gasteiger partial charge < -0.3 is 24.1 Å². The van der Waals surface area contributed by atoms with Crippen molar-refractivity contribution in [3.8, 4) is 11.5 Å². The molecule has 0 saturated heterocycles.